The van der Waals surface area contributed by atoms with E-state index in [9.17, 15) is 9.67 Å². The Kier molecular flexibility index (Phi) is 12.4. The Morgan fingerprint density at radius 1 is 0.767 bits per heavy atom. The van der Waals surface area contributed by atoms with Crippen molar-refractivity contribution >= 4 is 7.60 Å². The van der Waals surface area contributed by atoms with Crippen LogP contribution in [0.25, 0.3) is 0 Å². The summed E-state index contributed by atoms with van der Waals surface area (Å²) in [5, 5.41) is 11.2. The van der Waals surface area contributed by atoms with Gasteiger partial charge in [0.15, 0.2) is 6.10 Å². The van der Waals surface area contributed by atoms with Crippen LogP contribution in [0.1, 0.15) is 30.5 Å². The second-order valence-corrected chi connectivity index (χ2v) is 12.1. The summed E-state index contributed by atoms with van der Waals surface area (Å²) in [6.45, 7) is 2.58. The lowest BCUT2D eigenvalue weighted by Crippen LogP contribution is -2.50. The predicted molar refractivity (Wildman–Crippen MR) is 157 cm³/mol. The van der Waals surface area contributed by atoms with Gasteiger partial charge in [0.2, 0.25) is 0 Å². The van der Waals surface area contributed by atoms with E-state index >= 15 is 8.78 Å². The molecule has 0 radical (unpaired) electrons. The van der Waals surface area contributed by atoms with Crippen molar-refractivity contribution in [1.29, 1.82) is 0 Å². The molecule has 3 aromatic carbocycles. The molecule has 4 rings (SSSR count). The summed E-state index contributed by atoms with van der Waals surface area (Å²) < 4.78 is 79.2. The molecule has 5 atom stereocenters. The molecule has 0 aromatic heterocycles. The van der Waals surface area contributed by atoms with E-state index in [0.717, 1.165) is 16.7 Å². The molecular formula is C32H39F2O8P. The summed E-state index contributed by atoms with van der Waals surface area (Å²) in [6.07, 6.45) is -7.28. The average Bonchev–Trinajstić information content (AvgIpc) is 3.37. The minimum atomic E-state index is -5.09. The van der Waals surface area contributed by atoms with Crippen LogP contribution in [0, 0.1) is 0 Å². The zero-order valence-corrected chi connectivity index (χ0v) is 25.2. The normalized spacial score (nSPS) is 21.6. The molecule has 1 N–H and O–H groups in total. The summed E-state index contributed by atoms with van der Waals surface area (Å²) in [6, 6.07) is 28.0. The SMILES string of the molecule is CCOP(=O)(OCC)C(F)(F)[C@H](O)[C@H]1O[C@H](COCc2ccccc2)[C@@H](OCc2ccccc2)[C@@H]1OCc1ccccc1. The number of alkyl halides is 2. The Morgan fingerprint density at radius 3 is 1.67 bits per heavy atom. The van der Waals surface area contributed by atoms with Gasteiger partial charge in [0.1, 0.15) is 24.4 Å². The van der Waals surface area contributed by atoms with Gasteiger partial charge in [-0.3, -0.25) is 4.57 Å². The van der Waals surface area contributed by atoms with E-state index in [4.69, 9.17) is 28.0 Å². The maximum absolute atomic E-state index is 15.8. The van der Waals surface area contributed by atoms with Crippen LogP contribution < -0.4 is 0 Å². The molecule has 1 aliphatic heterocycles. The Bertz CT molecular complexity index is 1260. The first-order valence-electron chi connectivity index (χ1n) is 14.3. The van der Waals surface area contributed by atoms with Gasteiger partial charge in [0.25, 0.3) is 0 Å². The molecule has 0 aliphatic carbocycles. The second kappa shape index (κ2) is 16.0. The monoisotopic (exact) mass is 620 g/mol. The van der Waals surface area contributed by atoms with E-state index in [1.54, 1.807) is 0 Å². The number of halogens is 2. The van der Waals surface area contributed by atoms with Crippen molar-refractivity contribution in [2.24, 2.45) is 0 Å². The molecule has 0 saturated carbocycles. The maximum Gasteiger partial charge on any atom is 0.402 e. The van der Waals surface area contributed by atoms with Crippen LogP contribution >= 0.6 is 7.60 Å². The van der Waals surface area contributed by atoms with Crippen molar-refractivity contribution < 1.29 is 46.4 Å². The van der Waals surface area contributed by atoms with Crippen molar-refractivity contribution in [3.05, 3.63) is 108 Å². The van der Waals surface area contributed by atoms with Crippen LogP contribution in [0.4, 0.5) is 8.78 Å². The summed E-state index contributed by atoms with van der Waals surface area (Å²) in [5.41, 5.74) is -1.78. The van der Waals surface area contributed by atoms with Crippen LogP contribution in [-0.2, 0) is 52.4 Å². The molecule has 1 aliphatic rings. The second-order valence-electron chi connectivity index (χ2n) is 10.0. The van der Waals surface area contributed by atoms with Crippen molar-refractivity contribution in [1.82, 2.24) is 0 Å². The molecule has 1 saturated heterocycles. The third kappa shape index (κ3) is 8.56. The fourth-order valence-electron chi connectivity index (χ4n) is 4.84. The smallest absolute Gasteiger partial charge is 0.383 e. The van der Waals surface area contributed by atoms with Gasteiger partial charge in [-0.15, -0.1) is 0 Å². The highest BCUT2D eigenvalue weighted by Gasteiger charge is 2.65. The molecule has 0 spiro atoms. The Balaban J connectivity index is 1.63. The molecule has 0 unspecified atom stereocenters. The van der Waals surface area contributed by atoms with Crippen molar-refractivity contribution in [2.45, 2.75) is 69.9 Å². The van der Waals surface area contributed by atoms with Gasteiger partial charge in [0.05, 0.1) is 39.6 Å². The highest BCUT2D eigenvalue weighted by atomic mass is 31.2. The number of aliphatic hydroxyl groups excluding tert-OH is 1. The molecule has 0 amide bonds. The van der Waals surface area contributed by atoms with Crippen LogP contribution in [0.15, 0.2) is 91.0 Å². The molecule has 234 valence electrons. The standard InChI is InChI=1S/C32H39F2O8P/c1-3-40-43(36,41-4-2)32(33,34)31(35)30-29(39-22-26-18-12-7-13-19-26)28(38-21-25-16-10-6-11-17-25)27(42-30)23-37-20-24-14-8-5-9-15-24/h5-19,27-31,35H,3-4,20-23H2,1-2H3/t27-,28-,29+,30+,31-/m1/s1. The summed E-state index contributed by atoms with van der Waals surface area (Å²) in [5.74, 6) is 0. The van der Waals surface area contributed by atoms with Gasteiger partial charge in [-0.1, -0.05) is 91.0 Å². The van der Waals surface area contributed by atoms with Crippen molar-refractivity contribution in [2.75, 3.05) is 19.8 Å². The first-order valence-corrected chi connectivity index (χ1v) is 15.9. The van der Waals surface area contributed by atoms with E-state index in [-0.39, 0.29) is 39.6 Å². The molecule has 3 aromatic rings. The Morgan fingerprint density at radius 2 is 1.21 bits per heavy atom. The summed E-state index contributed by atoms with van der Waals surface area (Å²) >= 11 is 0. The zero-order valence-electron chi connectivity index (χ0n) is 24.3. The van der Waals surface area contributed by atoms with Crippen LogP contribution in [0.3, 0.4) is 0 Å². The number of hydrogen-bond acceptors (Lipinski definition) is 8. The molecule has 11 heteroatoms. The molecule has 0 bridgehead atoms. The lowest BCUT2D eigenvalue weighted by molar-refractivity contribution is -0.161. The number of benzene rings is 3. The first-order chi connectivity index (χ1) is 20.8. The topological polar surface area (TPSA) is 92.7 Å². The molecule has 43 heavy (non-hydrogen) atoms. The number of aliphatic hydroxyl groups is 1. The average molecular weight is 621 g/mol. The largest absolute Gasteiger partial charge is 0.402 e. The number of hydrogen-bond donors (Lipinski definition) is 1. The quantitative estimate of drug-likeness (QED) is 0.174. The predicted octanol–water partition coefficient (Wildman–Crippen LogP) is 6.36. The van der Waals surface area contributed by atoms with Gasteiger partial charge >= 0.3 is 13.3 Å². The van der Waals surface area contributed by atoms with Gasteiger partial charge in [-0.25, -0.2) is 0 Å². The van der Waals surface area contributed by atoms with Crippen LogP contribution in [0.2, 0.25) is 0 Å². The summed E-state index contributed by atoms with van der Waals surface area (Å²) in [4.78, 5) is 0. The van der Waals surface area contributed by atoms with E-state index in [1.807, 2.05) is 91.0 Å². The Hall–Kier alpha value is -2.53. The highest BCUT2D eigenvalue weighted by Crippen LogP contribution is 2.64. The number of rotatable bonds is 17. The van der Waals surface area contributed by atoms with Crippen LogP contribution in [0.5, 0.6) is 0 Å². The van der Waals surface area contributed by atoms with E-state index in [1.165, 1.54) is 13.8 Å². The van der Waals surface area contributed by atoms with Gasteiger partial charge in [-0.05, 0) is 30.5 Å². The van der Waals surface area contributed by atoms with Gasteiger partial charge in [0, 0.05) is 0 Å². The molecule has 1 fully saturated rings. The molecule has 1 heterocycles. The van der Waals surface area contributed by atoms with Crippen molar-refractivity contribution in [3.63, 3.8) is 0 Å². The zero-order chi connectivity index (χ0) is 30.7. The van der Waals surface area contributed by atoms with E-state index in [2.05, 4.69) is 0 Å². The van der Waals surface area contributed by atoms with Gasteiger partial charge < -0.3 is 33.1 Å². The maximum atomic E-state index is 15.8. The highest BCUT2D eigenvalue weighted by molar-refractivity contribution is 7.55. The number of ether oxygens (including phenoxy) is 4. The third-order valence-electron chi connectivity index (χ3n) is 6.94. The van der Waals surface area contributed by atoms with E-state index in [0.29, 0.717) is 0 Å². The minimum Gasteiger partial charge on any atom is -0.383 e. The fraction of sp³-hybridized carbons (Fsp3) is 0.438. The molecule has 8 nitrogen and oxygen atoms in total. The van der Waals surface area contributed by atoms with Crippen molar-refractivity contribution in [3.8, 4) is 0 Å². The lowest BCUT2D eigenvalue weighted by atomic mass is 10.0. The first kappa shape index (κ1) is 33.4. The minimum absolute atomic E-state index is 0.0288. The fourth-order valence-corrected chi connectivity index (χ4v) is 6.41. The van der Waals surface area contributed by atoms with Crippen LogP contribution in [-0.4, -0.2) is 61.1 Å². The van der Waals surface area contributed by atoms with E-state index < -0.39 is 43.8 Å². The Labute approximate surface area is 251 Å². The lowest BCUT2D eigenvalue weighted by Gasteiger charge is -2.34. The van der Waals surface area contributed by atoms with Gasteiger partial charge in [-0.2, -0.15) is 8.78 Å². The summed E-state index contributed by atoms with van der Waals surface area (Å²) in [7, 11) is -5.09. The third-order valence-corrected chi connectivity index (χ3v) is 9.13. The molecular weight excluding hydrogens is 581 g/mol.